The second-order valence-electron chi connectivity index (χ2n) is 8.08. The molecule has 3 aliphatic rings. The van der Waals surface area contributed by atoms with Crippen LogP contribution < -0.4 is 0 Å². The van der Waals surface area contributed by atoms with E-state index < -0.39 is 36.1 Å². The maximum Gasteiger partial charge on any atom is 0.303 e. The Morgan fingerprint density at radius 2 is 2.04 bits per heavy atom. The normalized spacial score (nSPS) is 48.9. The molecule has 0 aromatic rings. The van der Waals surface area contributed by atoms with E-state index >= 15 is 0 Å². The summed E-state index contributed by atoms with van der Waals surface area (Å²) in [6, 6.07) is 0. The van der Waals surface area contributed by atoms with E-state index in [-0.39, 0.29) is 17.3 Å². The van der Waals surface area contributed by atoms with Gasteiger partial charge >= 0.3 is 5.97 Å². The number of carbonyl (C=O) groups is 1. The Balaban J connectivity index is 2.10. The molecule has 0 radical (unpaired) electrons. The molecule has 6 nitrogen and oxygen atoms in total. The standard InChI is InChI=1S/C18H28O6/c1-9-6-12(22-5)15(20)14-11-8-17(3,4)18(11,24-16(14)21)13(7-9)23-10(2)19/h6,11-16,20-21H,7-8H2,1-5H3/b9-6+/t11-,12-,13+,14?,15+,16-,18-/m1/s1. The topological polar surface area (TPSA) is 85.2 Å². The van der Waals surface area contributed by atoms with Gasteiger partial charge in [0.15, 0.2) is 6.29 Å². The number of esters is 1. The average Bonchev–Trinajstić information content (AvgIpc) is 2.73. The monoisotopic (exact) mass is 340 g/mol. The maximum absolute atomic E-state index is 11.7. The molecule has 24 heavy (non-hydrogen) atoms. The highest BCUT2D eigenvalue weighted by Gasteiger charge is 2.74. The highest BCUT2D eigenvalue weighted by molar-refractivity contribution is 5.66. The van der Waals surface area contributed by atoms with Gasteiger partial charge in [-0.3, -0.25) is 4.79 Å². The molecular weight excluding hydrogens is 312 g/mol. The summed E-state index contributed by atoms with van der Waals surface area (Å²) in [4.78, 5) is 11.7. The van der Waals surface area contributed by atoms with Crippen molar-refractivity contribution in [1.82, 2.24) is 0 Å². The zero-order valence-corrected chi connectivity index (χ0v) is 15.0. The predicted molar refractivity (Wildman–Crippen MR) is 85.9 cm³/mol. The molecule has 1 unspecified atom stereocenters. The number of methoxy groups -OCH3 is 1. The maximum atomic E-state index is 11.7. The molecule has 0 aromatic heterocycles. The van der Waals surface area contributed by atoms with E-state index in [9.17, 15) is 15.0 Å². The fourth-order valence-electron chi connectivity index (χ4n) is 5.18. The summed E-state index contributed by atoms with van der Waals surface area (Å²) in [5, 5.41) is 21.4. The summed E-state index contributed by atoms with van der Waals surface area (Å²) in [7, 11) is 1.54. The number of ether oxygens (including phenoxy) is 3. The fraction of sp³-hybridized carbons (Fsp3) is 0.833. The summed E-state index contributed by atoms with van der Waals surface area (Å²) in [6.45, 7) is 7.44. The number of aliphatic hydroxyl groups excluding tert-OH is 2. The van der Waals surface area contributed by atoms with Crippen molar-refractivity contribution >= 4 is 5.97 Å². The van der Waals surface area contributed by atoms with E-state index in [0.29, 0.717) is 6.42 Å². The first kappa shape index (κ1) is 17.9. The molecule has 0 spiro atoms. The minimum Gasteiger partial charge on any atom is -0.459 e. The van der Waals surface area contributed by atoms with Crippen molar-refractivity contribution in [2.45, 2.75) is 70.7 Å². The number of rotatable bonds is 2. The van der Waals surface area contributed by atoms with Crippen LogP contribution in [-0.4, -0.2) is 53.5 Å². The minimum atomic E-state index is -1.10. The molecule has 3 rings (SSSR count). The van der Waals surface area contributed by atoms with Crippen LogP contribution in [0.3, 0.4) is 0 Å². The van der Waals surface area contributed by atoms with Crippen LogP contribution >= 0.6 is 0 Å². The third-order valence-corrected chi connectivity index (χ3v) is 6.19. The lowest BCUT2D eigenvalue weighted by atomic mass is 9.47. The Kier molecular flexibility index (Phi) is 4.31. The van der Waals surface area contributed by atoms with Crippen molar-refractivity contribution in [1.29, 1.82) is 0 Å². The smallest absolute Gasteiger partial charge is 0.303 e. The van der Waals surface area contributed by atoms with Crippen LogP contribution in [0.25, 0.3) is 0 Å². The van der Waals surface area contributed by atoms with E-state index in [4.69, 9.17) is 14.2 Å². The van der Waals surface area contributed by atoms with Gasteiger partial charge in [-0.05, 0) is 18.8 Å². The molecular formula is C18H28O6. The lowest BCUT2D eigenvalue weighted by molar-refractivity contribution is -0.276. The lowest BCUT2D eigenvalue weighted by Crippen LogP contribution is -2.68. The molecule has 0 aromatic carbocycles. The van der Waals surface area contributed by atoms with Gasteiger partial charge in [-0.15, -0.1) is 0 Å². The first-order valence-corrected chi connectivity index (χ1v) is 8.55. The van der Waals surface area contributed by atoms with Crippen LogP contribution in [0.15, 0.2) is 11.6 Å². The van der Waals surface area contributed by atoms with E-state index in [1.807, 2.05) is 13.0 Å². The SMILES string of the molecule is CO[C@@H]1/C=C(\C)C[C@H](OC(C)=O)[C@]23O[C@@H](O)C([C@H]1O)[C@H]2CC3(C)C. The molecule has 1 heterocycles. The Morgan fingerprint density at radius 1 is 1.38 bits per heavy atom. The summed E-state index contributed by atoms with van der Waals surface area (Å²) >= 11 is 0. The van der Waals surface area contributed by atoms with Crippen molar-refractivity contribution in [3.63, 3.8) is 0 Å². The predicted octanol–water partition coefficient (Wildman–Crippen LogP) is 1.39. The highest BCUT2D eigenvalue weighted by atomic mass is 16.7. The Labute approximate surface area is 142 Å². The number of hydrogen-bond acceptors (Lipinski definition) is 6. The summed E-state index contributed by atoms with van der Waals surface area (Å²) in [5.74, 6) is -0.921. The van der Waals surface area contributed by atoms with Gasteiger partial charge in [0.2, 0.25) is 0 Å². The van der Waals surface area contributed by atoms with Crippen molar-refractivity contribution < 1.29 is 29.2 Å². The van der Waals surface area contributed by atoms with Gasteiger partial charge < -0.3 is 24.4 Å². The fourth-order valence-corrected chi connectivity index (χ4v) is 5.18. The first-order chi connectivity index (χ1) is 11.1. The molecule has 2 fully saturated rings. The Morgan fingerprint density at radius 3 is 2.58 bits per heavy atom. The molecule has 7 atom stereocenters. The third-order valence-electron chi connectivity index (χ3n) is 6.19. The second-order valence-corrected chi connectivity index (χ2v) is 8.08. The van der Waals surface area contributed by atoms with Gasteiger partial charge in [-0.2, -0.15) is 0 Å². The summed E-state index contributed by atoms with van der Waals surface area (Å²) in [5.41, 5.74) is -0.0874. The van der Waals surface area contributed by atoms with Crippen molar-refractivity contribution in [3.8, 4) is 0 Å². The number of carbonyl (C=O) groups excluding carboxylic acids is 1. The van der Waals surface area contributed by atoms with Crippen LogP contribution in [-0.2, 0) is 19.0 Å². The lowest BCUT2D eigenvalue weighted by Gasteiger charge is -2.61. The first-order valence-electron chi connectivity index (χ1n) is 8.55. The van der Waals surface area contributed by atoms with Gasteiger partial charge in [0.25, 0.3) is 0 Å². The van der Waals surface area contributed by atoms with Crippen LogP contribution in [0, 0.1) is 17.3 Å². The molecule has 136 valence electrons. The minimum absolute atomic E-state index is 0.0844. The molecule has 2 N–H and O–H groups in total. The van der Waals surface area contributed by atoms with E-state index in [1.165, 1.54) is 6.92 Å². The molecule has 1 saturated carbocycles. The van der Waals surface area contributed by atoms with E-state index in [0.717, 1.165) is 12.0 Å². The van der Waals surface area contributed by atoms with Crippen molar-refractivity contribution in [2.24, 2.45) is 17.3 Å². The third kappa shape index (κ3) is 2.35. The van der Waals surface area contributed by atoms with Crippen LogP contribution in [0.2, 0.25) is 0 Å². The van der Waals surface area contributed by atoms with E-state index in [2.05, 4.69) is 13.8 Å². The van der Waals surface area contributed by atoms with Crippen LogP contribution in [0.5, 0.6) is 0 Å². The second kappa shape index (κ2) is 5.80. The average molecular weight is 340 g/mol. The zero-order chi connectivity index (χ0) is 17.9. The molecule has 1 aliphatic heterocycles. The van der Waals surface area contributed by atoms with Gasteiger partial charge in [-0.25, -0.2) is 0 Å². The quantitative estimate of drug-likeness (QED) is 0.584. The van der Waals surface area contributed by atoms with Crippen LogP contribution in [0.4, 0.5) is 0 Å². The summed E-state index contributed by atoms with van der Waals surface area (Å²) < 4.78 is 17.2. The highest BCUT2D eigenvalue weighted by Crippen LogP contribution is 2.67. The zero-order valence-electron chi connectivity index (χ0n) is 15.0. The number of hydrogen-bond donors (Lipinski definition) is 2. The van der Waals surface area contributed by atoms with Crippen molar-refractivity contribution in [3.05, 3.63) is 11.6 Å². The van der Waals surface area contributed by atoms with Gasteiger partial charge in [0.05, 0.1) is 6.10 Å². The van der Waals surface area contributed by atoms with E-state index in [1.54, 1.807) is 7.11 Å². The Bertz CT molecular complexity index is 556. The molecule has 1 saturated heterocycles. The van der Waals surface area contributed by atoms with Crippen LogP contribution in [0.1, 0.15) is 40.5 Å². The molecule has 0 amide bonds. The summed E-state index contributed by atoms with van der Waals surface area (Å²) in [6.07, 6.45) is 0.141. The molecule has 6 heteroatoms. The molecule has 2 bridgehead atoms. The van der Waals surface area contributed by atoms with Gasteiger partial charge in [0, 0.05) is 32.3 Å². The van der Waals surface area contributed by atoms with Crippen molar-refractivity contribution in [2.75, 3.05) is 7.11 Å². The van der Waals surface area contributed by atoms with Gasteiger partial charge in [0.1, 0.15) is 17.8 Å². The largest absolute Gasteiger partial charge is 0.459 e. The Hall–Kier alpha value is -0.950. The van der Waals surface area contributed by atoms with Gasteiger partial charge in [-0.1, -0.05) is 25.5 Å². The molecule has 2 aliphatic carbocycles. The number of aliphatic hydroxyl groups is 2.